The van der Waals surface area contributed by atoms with Gasteiger partial charge in [-0.15, -0.1) is 0 Å². The summed E-state index contributed by atoms with van der Waals surface area (Å²) in [4.78, 5) is 44.8. The van der Waals surface area contributed by atoms with Crippen molar-refractivity contribution >= 4 is 24.7 Å². The van der Waals surface area contributed by atoms with E-state index in [0.717, 1.165) is 25.7 Å². The molecule has 0 saturated carbocycles. The normalized spacial score (nSPS) is 10.7. The molecule has 16 heteroatoms. The Morgan fingerprint density at radius 1 is 0.512 bits per heavy atom. The van der Waals surface area contributed by atoms with Gasteiger partial charge in [0.2, 0.25) is 6.41 Å². The molecule has 0 unspecified atom stereocenters. The van der Waals surface area contributed by atoms with E-state index in [0.29, 0.717) is 72.3 Å². The second-order valence-corrected chi connectivity index (χ2v) is 8.51. The molecule has 0 heterocycles. The van der Waals surface area contributed by atoms with Crippen molar-refractivity contribution in [1.29, 1.82) is 0 Å². The lowest BCUT2D eigenvalue weighted by atomic mass is 10.2. The van der Waals surface area contributed by atoms with Gasteiger partial charge < -0.3 is 59.2 Å². The van der Waals surface area contributed by atoms with Crippen LogP contribution in [0.3, 0.4) is 0 Å². The molecule has 0 aliphatic heterocycles. The Balaban J connectivity index is 3.38. The second kappa shape index (κ2) is 33.3. The average Bonchev–Trinajstić information content (AvgIpc) is 3.00. The number of rotatable bonds is 30. The van der Waals surface area contributed by atoms with Crippen molar-refractivity contribution in [3.8, 4) is 0 Å². The van der Waals surface area contributed by atoms with Crippen molar-refractivity contribution in [3.05, 3.63) is 12.2 Å². The van der Waals surface area contributed by atoms with Crippen LogP contribution in [-0.4, -0.2) is 137 Å². The predicted molar refractivity (Wildman–Crippen MR) is 155 cm³/mol. The van der Waals surface area contributed by atoms with E-state index in [4.69, 9.17) is 37.9 Å². The molecule has 0 atom stereocenters. The SMILES string of the molecule is COCCOCCOCCNC(=O)OC/C=C/COC(=O)NCCOCCOCCOC(=O)NCCCCCCNC=O. The number of carbonyl (C=O) groups is 4. The quantitative estimate of drug-likeness (QED) is 0.0381. The van der Waals surface area contributed by atoms with Crippen LogP contribution in [0.2, 0.25) is 0 Å². The Morgan fingerprint density at radius 3 is 1.49 bits per heavy atom. The Morgan fingerprint density at radius 2 is 0.953 bits per heavy atom. The minimum absolute atomic E-state index is 0.0211. The Hall–Kier alpha value is -3.18. The number of nitrogens with one attached hydrogen (secondary N) is 4. The molecule has 0 aromatic rings. The van der Waals surface area contributed by atoms with Gasteiger partial charge in [0.05, 0.1) is 59.5 Å². The standard InChI is InChI=1S/C27H50N4O12/c1-36-16-17-39-20-18-37-14-10-30-26(34)41-12-6-7-13-42-27(35)31-11-15-38-19-21-40-22-23-43-25(33)29-9-5-3-2-4-8-28-24-32/h6-7,24H,2-5,8-23H2,1H3,(H,28,32)(H,29,33)(H,30,34)(H,31,35)/b7-6+. The number of hydrogen-bond acceptors (Lipinski definition) is 12. The molecule has 43 heavy (non-hydrogen) atoms. The molecule has 250 valence electrons. The summed E-state index contributed by atoms with van der Waals surface area (Å²) in [7, 11) is 1.60. The molecule has 0 aromatic carbocycles. The van der Waals surface area contributed by atoms with Crippen LogP contribution in [0, 0.1) is 0 Å². The molecule has 0 bridgehead atoms. The molecule has 0 radical (unpaired) electrons. The van der Waals surface area contributed by atoms with Crippen LogP contribution in [0.4, 0.5) is 14.4 Å². The van der Waals surface area contributed by atoms with E-state index in [2.05, 4.69) is 21.3 Å². The molecule has 0 spiro atoms. The van der Waals surface area contributed by atoms with E-state index in [1.54, 1.807) is 19.3 Å². The fourth-order valence-corrected chi connectivity index (χ4v) is 2.92. The maximum Gasteiger partial charge on any atom is 0.407 e. The first kappa shape index (κ1) is 39.8. The van der Waals surface area contributed by atoms with E-state index in [1.165, 1.54) is 0 Å². The zero-order valence-corrected chi connectivity index (χ0v) is 25.3. The molecule has 0 saturated heterocycles. The van der Waals surface area contributed by atoms with Crippen molar-refractivity contribution in [3.63, 3.8) is 0 Å². The first-order chi connectivity index (χ1) is 21.1. The van der Waals surface area contributed by atoms with Crippen molar-refractivity contribution < 1.29 is 57.1 Å². The van der Waals surface area contributed by atoms with E-state index in [-0.39, 0.29) is 39.6 Å². The minimum Gasteiger partial charge on any atom is -0.447 e. The van der Waals surface area contributed by atoms with Gasteiger partial charge in [-0.3, -0.25) is 4.79 Å². The molecule has 4 amide bonds. The summed E-state index contributed by atoms with van der Waals surface area (Å²) in [5.74, 6) is 0. The fraction of sp³-hybridized carbons (Fsp3) is 0.778. The van der Waals surface area contributed by atoms with E-state index in [9.17, 15) is 19.2 Å². The van der Waals surface area contributed by atoms with Gasteiger partial charge >= 0.3 is 18.3 Å². The third-order valence-electron chi connectivity index (χ3n) is 5.06. The largest absolute Gasteiger partial charge is 0.447 e. The Bertz CT molecular complexity index is 715. The van der Waals surface area contributed by atoms with Crippen LogP contribution in [0.15, 0.2) is 12.2 Å². The second-order valence-electron chi connectivity index (χ2n) is 8.51. The lowest BCUT2D eigenvalue weighted by Crippen LogP contribution is -2.28. The third kappa shape index (κ3) is 33.2. The highest BCUT2D eigenvalue weighted by molar-refractivity contribution is 5.67. The monoisotopic (exact) mass is 622 g/mol. The minimum atomic E-state index is -0.602. The van der Waals surface area contributed by atoms with Crippen LogP contribution in [0.5, 0.6) is 0 Å². The zero-order valence-electron chi connectivity index (χ0n) is 25.3. The molecule has 4 N–H and O–H groups in total. The maximum absolute atomic E-state index is 11.6. The number of amides is 4. The summed E-state index contributed by atoms with van der Waals surface area (Å²) in [6, 6.07) is 0. The summed E-state index contributed by atoms with van der Waals surface area (Å²) in [5.41, 5.74) is 0. The summed E-state index contributed by atoms with van der Waals surface area (Å²) in [5, 5.41) is 10.4. The van der Waals surface area contributed by atoms with Crippen molar-refractivity contribution in [2.24, 2.45) is 0 Å². The summed E-state index contributed by atoms with van der Waals surface area (Å²) >= 11 is 0. The van der Waals surface area contributed by atoms with Gasteiger partial charge in [-0.2, -0.15) is 0 Å². The van der Waals surface area contributed by atoms with Gasteiger partial charge in [0.25, 0.3) is 0 Å². The third-order valence-corrected chi connectivity index (χ3v) is 5.06. The number of ether oxygens (including phenoxy) is 8. The van der Waals surface area contributed by atoms with E-state index >= 15 is 0 Å². The highest BCUT2D eigenvalue weighted by atomic mass is 16.6. The van der Waals surface area contributed by atoms with Crippen LogP contribution >= 0.6 is 0 Å². The highest BCUT2D eigenvalue weighted by Crippen LogP contribution is 1.97. The number of unbranched alkanes of at least 4 members (excludes halogenated alkanes) is 3. The van der Waals surface area contributed by atoms with Crippen LogP contribution in [-0.2, 0) is 42.7 Å². The van der Waals surface area contributed by atoms with Gasteiger partial charge in [0.15, 0.2) is 0 Å². The van der Waals surface area contributed by atoms with Crippen LogP contribution in [0.25, 0.3) is 0 Å². The molecule has 0 fully saturated rings. The molecule has 16 nitrogen and oxygen atoms in total. The van der Waals surface area contributed by atoms with Crippen LogP contribution in [0.1, 0.15) is 25.7 Å². The summed E-state index contributed by atoms with van der Waals surface area (Å²) in [6.07, 6.45) is 5.84. The Labute approximate surface area is 253 Å². The van der Waals surface area contributed by atoms with Gasteiger partial charge in [-0.1, -0.05) is 12.8 Å². The molecule has 0 aliphatic carbocycles. The number of alkyl carbamates (subject to hydrolysis) is 3. The molecular formula is C27H50N4O12. The molecular weight excluding hydrogens is 572 g/mol. The molecule has 0 aromatic heterocycles. The van der Waals surface area contributed by atoms with Gasteiger partial charge in [-0.05, 0) is 25.0 Å². The topological polar surface area (TPSA) is 190 Å². The van der Waals surface area contributed by atoms with Crippen molar-refractivity contribution in [2.75, 3.05) is 113 Å². The van der Waals surface area contributed by atoms with Gasteiger partial charge in [-0.25, -0.2) is 14.4 Å². The first-order valence-corrected chi connectivity index (χ1v) is 14.4. The zero-order chi connectivity index (χ0) is 31.5. The average molecular weight is 623 g/mol. The lowest BCUT2D eigenvalue weighted by Gasteiger charge is -2.09. The van der Waals surface area contributed by atoms with Crippen molar-refractivity contribution in [1.82, 2.24) is 21.3 Å². The smallest absolute Gasteiger partial charge is 0.407 e. The van der Waals surface area contributed by atoms with Gasteiger partial charge in [0.1, 0.15) is 19.8 Å². The summed E-state index contributed by atoms with van der Waals surface area (Å²) in [6.45, 7) is 5.37. The number of methoxy groups -OCH3 is 1. The number of hydrogen-bond donors (Lipinski definition) is 4. The maximum atomic E-state index is 11.6. The molecule has 0 rings (SSSR count). The fourth-order valence-electron chi connectivity index (χ4n) is 2.92. The number of carbonyl (C=O) groups excluding carboxylic acids is 4. The molecule has 0 aliphatic rings. The first-order valence-electron chi connectivity index (χ1n) is 14.4. The van der Waals surface area contributed by atoms with Crippen LogP contribution < -0.4 is 21.3 Å². The summed E-state index contributed by atoms with van der Waals surface area (Å²) < 4.78 is 41.0. The van der Waals surface area contributed by atoms with E-state index in [1.807, 2.05) is 0 Å². The lowest BCUT2D eigenvalue weighted by molar-refractivity contribution is -0.109. The van der Waals surface area contributed by atoms with Crippen molar-refractivity contribution in [2.45, 2.75) is 25.7 Å². The van der Waals surface area contributed by atoms with E-state index < -0.39 is 18.3 Å². The highest BCUT2D eigenvalue weighted by Gasteiger charge is 2.02. The van der Waals surface area contributed by atoms with Gasteiger partial charge in [0, 0.05) is 33.3 Å². The Kier molecular flexibility index (Phi) is 30.9. The predicted octanol–water partition coefficient (Wildman–Crippen LogP) is 0.740.